The molecule has 0 spiro atoms. The third-order valence-corrected chi connectivity index (χ3v) is 3.80. The zero-order valence-corrected chi connectivity index (χ0v) is 13.2. The molecule has 1 nitrogen and oxygen atoms in total. The van der Waals surface area contributed by atoms with E-state index >= 15 is 0 Å². The van der Waals surface area contributed by atoms with Crippen molar-refractivity contribution in [3.8, 4) is 11.3 Å². The quantitative estimate of drug-likeness (QED) is 0.684. The van der Waals surface area contributed by atoms with Crippen molar-refractivity contribution in [3.63, 3.8) is 0 Å². The molecule has 2 aromatic rings. The summed E-state index contributed by atoms with van der Waals surface area (Å²) < 4.78 is 15.5. The van der Waals surface area contributed by atoms with E-state index in [-0.39, 0.29) is 11.2 Å². The van der Waals surface area contributed by atoms with Gasteiger partial charge in [0, 0.05) is 11.6 Å². The van der Waals surface area contributed by atoms with Gasteiger partial charge in [-0.2, -0.15) is 4.57 Å². The van der Waals surface area contributed by atoms with Crippen molar-refractivity contribution < 1.29 is 8.96 Å². The highest BCUT2D eigenvalue weighted by Crippen LogP contribution is 2.29. The van der Waals surface area contributed by atoms with Crippen LogP contribution in [0.5, 0.6) is 0 Å². The van der Waals surface area contributed by atoms with Gasteiger partial charge in [0.2, 0.25) is 11.9 Å². The molecule has 20 heavy (non-hydrogen) atoms. The second kappa shape index (κ2) is 5.01. The van der Waals surface area contributed by atoms with Gasteiger partial charge in [-0.1, -0.05) is 32.9 Å². The number of benzene rings is 1. The molecular formula is C18H23FN+. The van der Waals surface area contributed by atoms with Crippen LogP contribution in [0.2, 0.25) is 0 Å². The summed E-state index contributed by atoms with van der Waals surface area (Å²) >= 11 is 0. The van der Waals surface area contributed by atoms with E-state index in [0.717, 1.165) is 5.69 Å². The standard InChI is InChI=1S/C18H23FN/c1-12-7-8-14(18(3,4)5)10-15(12)17-9-13(2)16(19)11-20(17)6/h7-11H,1-6H3/q+1. The summed E-state index contributed by atoms with van der Waals surface area (Å²) in [4.78, 5) is 0. The summed E-state index contributed by atoms with van der Waals surface area (Å²) in [6.45, 7) is 10.5. The zero-order valence-electron chi connectivity index (χ0n) is 13.2. The Balaban J connectivity index is 2.66. The summed E-state index contributed by atoms with van der Waals surface area (Å²) in [6.07, 6.45) is 1.55. The van der Waals surface area contributed by atoms with Gasteiger partial charge in [-0.05, 0) is 42.0 Å². The van der Waals surface area contributed by atoms with Gasteiger partial charge in [-0.3, -0.25) is 0 Å². The van der Waals surface area contributed by atoms with Crippen molar-refractivity contribution in [1.29, 1.82) is 0 Å². The number of nitrogens with zero attached hydrogens (tertiary/aromatic N) is 1. The van der Waals surface area contributed by atoms with Gasteiger partial charge in [0.25, 0.3) is 0 Å². The molecule has 1 heterocycles. The molecule has 0 bridgehead atoms. The van der Waals surface area contributed by atoms with E-state index in [4.69, 9.17) is 0 Å². The zero-order chi connectivity index (χ0) is 15.1. The first-order valence-corrected chi connectivity index (χ1v) is 6.97. The van der Waals surface area contributed by atoms with Crippen molar-refractivity contribution in [3.05, 3.63) is 53.0 Å². The Morgan fingerprint density at radius 1 is 1.00 bits per heavy atom. The molecule has 0 fully saturated rings. The molecule has 0 radical (unpaired) electrons. The average Bonchev–Trinajstić information content (AvgIpc) is 2.33. The molecule has 106 valence electrons. The lowest BCUT2D eigenvalue weighted by atomic mass is 9.85. The highest BCUT2D eigenvalue weighted by atomic mass is 19.1. The molecule has 2 rings (SSSR count). The first-order valence-electron chi connectivity index (χ1n) is 6.97. The maximum absolute atomic E-state index is 13.6. The Labute approximate surface area is 121 Å². The van der Waals surface area contributed by atoms with Crippen molar-refractivity contribution in [1.82, 2.24) is 0 Å². The number of aromatic nitrogens is 1. The monoisotopic (exact) mass is 272 g/mol. The Morgan fingerprint density at radius 3 is 2.25 bits per heavy atom. The lowest BCUT2D eigenvalue weighted by Gasteiger charge is -2.20. The highest BCUT2D eigenvalue weighted by molar-refractivity contribution is 5.63. The first kappa shape index (κ1) is 14.7. The molecular weight excluding hydrogens is 249 g/mol. The SMILES string of the molecule is Cc1cc(-c2cc(C(C)(C)C)ccc2C)[n+](C)cc1F. The highest BCUT2D eigenvalue weighted by Gasteiger charge is 2.19. The fourth-order valence-electron chi connectivity index (χ4n) is 2.35. The van der Waals surface area contributed by atoms with Gasteiger partial charge in [-0.25, -0.2) is 4.39 Å². The molecule has 0 unspecified atom stereocenters. The predicted octanol–water partition coefficient (Wildman–Crippen LogP) is 4.23. The maximum Gasteiger partial charge on any atom is 0.212 e. The molecule has 0 aliphatic rings. The van der Waals surface area contributed by atoms with Gasteiger partial charge >= 0.3 is 0 Å². The minimum atomic E-state index is -0.166. The van der Waals surface area contributed by atoms with E-state index in [9.17, 15) is 4.39 Å². The van der Waals surface area contributed by atoms with Crippen LogP contribution in [0.3, 0.4) is 0 Å². The molecule has 0 N–H and O–H groups in total. The predicted molar refractivity (Wildman–Crippen MR) is 81.2 cm³/mol. The van der Waals surface area contributed by atoms with Crippen LogP contribution in [0.25, 0.3) is 11.3 Å². The molecule has 1 aromatic heterocycles. The van der Waals surface area contributed by atoms with E-state index in [2.05, 4.69) is 45.9 Å². The second-order valence-corrected chi connectivity index (χ2v) is 6.58. The van der Waals surface area contributed by atoms with E-state index < -0.39 is 0 Å². The maximum atomic E-state index is 13.6. The first-order chi connectivity index (χ1) is 9.20. The minimum absolute atomic E-state index is 0.107. The van der Waals surface area contributed by atoms with Crippen molar-refractivity contribution in [2.45, 2.75) is 40.0 Å². The molecule has 0 atom stereocenters. The second-order valence-electron chi connectivity index (χ2n) is 6.58. The van der Waals surface area contributed by atoms with Crippen LogP contribution in [0.4, 0.5) is 4.39 Å². The molecule has 0 aliphatic heterocycles. The van der Waals surface area contributed by atoms with Crippen LogP contribution < -0.4 is 4.57 Å². The number of hydrogen-bond donors (Lipinski definition) is 0. The molecule has 2 heteroatoms. The average molecular weight is 272 g/mol. The van der Waals surface area contributed by atoms with Gasteiger partial charge < -0.3 is 0 Å². The molecule has 1 aromatic carbocycles. The van der Waals surface area contributed by atoms with Crippen LogP contribution in [0, 0.1) is 19.7 Å². The topological polar surface area (TPSA) is 3.88 Å². The normalized spacial score (nSPS) is 11.8. The van der Waals surface area contributed by atoms with Gasteiger partial charge in [-0.15, -0.1) is 0 Å². The van der Waals surface area contributed by atoms with Crippen LogP contribution in [-0.2, 0) is 12.5 Å². The van der Waals surface area contributed by atoms with Gasteiger partial charge in [0.1, 0.15) is 7.05 Å². The summed E-state index contributed by atoms with van der Waals surface area (Å²) in [5.41, 5.74) is 5.50. The fourth-order valence-corrected chi connectivity index (χ4v) is 2.35. The Kier molecular flexibility index (Phi) is 3.68. The Morgan fingerprint density at radius 2 is 1.65 bits per heavy atom. The lowest BCUT2D eigenvalue weighted by molar-refractivity contribution is -0.662. The van der Waals surface area contributed by atoms with E-state index in [1.165, 1.54) is 16.7 Å². The lowest BCUT2D eigenvalue weighted by Crippen LogP contribution is -2.32. The third kappa shape index (κ3) is 2.74. The Hall–Kier alpha value is -1.70. The Bertz CT molecular complexity index is 651. The molecule has 0 saturated heterocycles. The molecule has 0 amide bonds. The van der Waals surface area contributed by atoms with Crippen LogP contribution in [-0.4, -0.2) is 0 Å². The van der Waals surface area contributed by atoms with Crippen molar-refractivity contribution in [2.75, 3.05) is 0 Å². The summed E-state index contributed by atoms with van der Waals surface area (Å²) in [7, 11) is 1.89. The minimum Gasteiger partial charge on any atom is -0.200 e. The van der Waals surface area contributed by atoms with Crippen LogP contribution >= 0.6 is 0 Å². The van der Waals surface area contributed by atoms with Crippen molar-refractivity contribution >= 4 is 0 Å². The van der Waals surface area contributed by atoms with Crippen LogP contribution in [0.1, 0.15) is 37.5 Å². The summed E-state index contributed by atoms with van der Waals surface area (Å²) in [5.74, 6) is -0.166. The molecule has 0 saturated carbocycles. The summed E-state index contributed by atoms with van der Waals surface area (Å²) in [6, 6.07) is 8.47. The number of aryl methyl sites for hydroxylation is 3. The van der Waals surface area contributed by atoms with Gasteiger partial charge in [0.15, 0.2) is 5.82 Å². The number of halogens is 1. The molecule has 0 aliphatic carbocycles. The van der Waals surface area contributed by atoms with Crippen molar-refractivity contribution in [2.24, 2.45) is 7.05 Å². The summed E-state index contributed by atoms with van der Waals surface area (Å²) in [5, 5.41) is 0. The number of rotatable bonds is 1. The number of hydrogen-bond acceptors (Lipinski definition) is 0. The largest absolute Gasteiger partial charge is 0.212 e. The van der Waals surface area contributed by atoms with E-state index in [1.807, 2.05) is 24.6 Å². The van der Waals surface area contributed by atoms with E-state index in [0.29, 0.717) is 5.56 Å². The van der Waals surface area contributed by atoms with Gasteiger partial charge in [0.05, 0.1) is 0 Å². The van der Waals surface area contributed by atoms with E-state index in [1.54, 1.807) is 6.20 Å². The smallest absolute Gasteiger partial charge is 0.200 e. The third-order valence-electron chi connectivity index (χ3n) is 3.80. The van der Waals surface area contributed by atoms with Crippen LogP contribution in [0.15, 0.2) is 30.5 Å². The number of pyridine rings is 1. The fraction of sp³-hybridized carbons (Fsp3) is 0.389.